The summed E-state index contributed by atoms with van der Waals surface area (Å²) in [7, 11) is 4.24. The zero-order valence-electron chi connectivity index (χ0n) is 26.4. The van der Waals surface area contributed by atoms with Crippen molar-refractivity contribution in [2.24, 2.45) is 0 Å². The quantitative estimate of drug-likeness (QED) is 0.0652. The second kappa shape index (κ2) is 15.2. The normalized spacial score (nSPS) is 11.5. The molecule has 0 amide bonds. The number of quaternary nitrogens is 1. The Labute approximate surface area is 285 Å². The van der Waals surface area contributed by atoms with Gasteiger partial charge in [-0.25, -0.2) is 65.9 Å². The molecule has 274 valence electrons. The van der Waals surface area contributed by atoms with E-state index in [1.165, 1.54) is 16.7 Å². The summed E-state index contributed by atoms with van der Waals surface area (Å²) in [6.07, 6.45) is -4.62. The molecule has 1 N–H and O–H groups in total. The van der Waals surface area contributed by atoms with Crippen LogP contribution >= 0.6 is 0 Å². The van der Waals surface area contributed by atoms with E-state index < -0.39 is 115 Å². The van der Waals surface area contributed by atoms with Crippen LogP contribution in [0.5, 0.6) is 0 Å². The molecular formula is C35H21BF15N. The number of benzene rings is 5. The molecule has 0 spiro atoms. The molecule has 0 saturated heterocycles. The second-order valence-corrected chi connectivity index (χ2v) is 11.4. The van der Waals surface area contributed by atoms with E-state index in [1.54, 1.807) is 0 Å². The Morgan fingerprint density at radius 3 is 0.981 bits per heavy atom. The standard InChI is InChI=1S/C27H9BF15.C8H11N/c1-2-3-8-4-6-9(7-5-8)28(10-13(29)19(35)25(41)20(36)14(10)30,11-15(31)21(37)26(42)22(38)16(11)32)12-17(33)23(39)27(43)24(40)18(12)34;1-9(2)8-6-4-3-5-7-8/h2,4-7H,1,3H2;3-7H,1-2H3/q-1;/p+1. The molecule has 0 aliphatic heterocycles. The lowest BCUT2D eigenvalue weighted by Gasteiger charge is -2.44. The molecule has 0 unspecified atom stereocenters. The van der Waals surface area contributed by atoms with Gasteiger partial charge in [-0.2, -0.15) is 5.46 Å². The molecule has 0 aliphatic carbocycles. The van der Waals surface area contributed by atoms with Crippen LogP contribution in [-0.2, 0) is 6.42 Å². The highest BCUT2D eigenvalue weighted by atomic mass is 19.2. The monoisotopic (exact) mass is 751 g/mol. The van der Waals surface area contributed by atoms with Crippen LogP contribution in [0.2, 0.25) is 0 Å². The first-order valence-corrected chi connectivity index (χ1v) is 14.6. The largest absolute Gasteiger partial charge is 0.307 e. The predicted molar refractivity (Wildman–Crippen MR) is 162 cm³/mol. The zero-order valence-corrected chi connectivity index (χ0v) is 26.4. The maximum absolute atomic E-state index is 15.5. The minimum atomic E-state index is -5.77. The minimum absolute atomic E-state index is 0.0755. The molecule has 0 fully saturated rings. The summed E-state index contributed by atoms with van der Waals surface area (Å²) in [6, 6.07) is 12.9. The van der Waals surface area contributed by atoms with Crippen molar-refractivity contribution < 1.29 is 70.8 Å². The Balaban J connectivity index is 0.000000585. The average Bonchev–Trinajstić information content (AvgIpc) is 3.14. The lowest BCUT2D eigenvalue weighted by molar-refractivity contribution is -0.786. The van der Waals surface area contributed by atoms with Crippen molar-refractivity contribution in [2.75, 3.05) is 14.1 Å². The second-order valence-electron chi connectivity index (χ2n) is 11.4. The van der Waals surface area contributed by atoms with Crippen LogP contribution in [0.25, 0.3) is 0 Å². The Hall–Kier alpha value is -5.19. The number of nitrogens with one attached hydrogen (secondary N) is 1. The van der Waals surface area contributed by atoms with Gasteiger partial charge in [-0.05, 0) is 24.1 Å². The van der Waals surface area contributed by atoms with E-state index in [2.05, 4.69) is 44.9 Å². The predicted octanol–water partition coefficient (Wildman–Crippen LogP) is 6.34. The van der Waals surface area contributed by atoms with Gasteiger partial charge in [-0.3, -0.25) is 0 Å². The highest BCUT2D eigenvalue weighted by molar-refractivity contribution is 7.20. The number of allylic oxidation sites excluding steroid dienone is 1. The molecule has 5 aromatic rings. The lowest BCUT2D eigenvalue weighted by atomic mass is 9.12. The highest BCUT2D eigenvalue weighted by Crippen LogP contribution is 2.28. The van der Waals surface area contributed by atoms with Crippen LogP contribution < -0.4 is 26.8 Å². The van der Waals surface area contributed by atoms with Crippen LogP contribution in [-0.4, -0.2) is 20.2 Å². The summed E-state index contributed by atoms with van der Waals surface area (Å²) >= 11 is 0. The van der Waals surface area contributed by atoms with Gasteiger partial charge < -0.3 is 4.90 Å². The Morgan fingerprint density at radius 1 is 0.442 bits per heavy atom. The number of para-hydroxylation sites is 1. The molecule has 0 aliphatic rings. The van der Waals surface area contributed by atoms with Gasteiger partial charge in [0.15, 0.2) is 52.4 Å². The van der Waals surface area contributed by atoms with Gasteiger partial charge in [0.05, 0.1) is 14.1 Å². The van der Waals surface area contributed by atoms with E-state index in [-0.39, 0.29) is 12.0 Å². The third-order valence-electron chi connectivity index (χ3n) is 8.24. The zero-order chi connectivity index (χ0) is 39.0. The van der Waals surface area contributed by atoms with Crippen molar-refractivity contribution in [3.63, 3.8) is 0 Å². The molecule has 0 saturated carbocycles. The topological polar surface area (TPSA) is 4.44 Å². The fraction of sp³-hybridized carbons (Fsp3) is 0.0857. The van der Waals surface area contributed by atoms with Crippen LogP contribution in [0.15, 0.2) is 67.3 Å². The highest BCUT2D eigenvalue weighted by Gasteiger charge is 2.48. The summed E-state index contributed by atoms with van der Waals surface area (Å²) in [5, 5.41) is 0. The van der Waals surface area contributed by atoms with Gasteiger partial charge in [-0.15, -0.1) is 23.0 Å². The first-order valence-electron chi connectivity index (χ1n) is 14.6. The van der Waals surface area contributed by atoms with Crippen molar-refractivity contribution in [1.29, 1.82) is 0 Å². The molecule has 52 heavy (non-hydrogen) atoms. The van der Waals surface area contributed by atoms with E-state index in [1.807, 2.05) is 6.07 Å². The smallest absolute Gasteiger partial charge is 0.200 e. The van der Waals surface area contributed by atoms with E-state index in [9.17, 15) is 39.5 Å². The Kier molecular flexibility index (Phi) is 11.6. The molecule has 0 bridgehead atoms. The van der Waals surface area contributed by atoms with Crippen LogP contribution in [0.3, 0.4) is 0 Å². The van der Waals surface area contributed by atoms with Gasteiger partial charge in [0.1, 0.15) is 46.7 Å². The Bertz CT molecular complexity index is 1920. The molecule has 0 aromatic heterocycles. The summed E-state index contributed by atoms with van der Waals surface area (Å²) in [5.41, 5.74) is -7.99. The summed E-state index contributed by atoms with van der Waals surface area (Å²) in [4.78, 5) is 1.37. The van der Waals surface area contributed by atoms with Crippen molar-refractivity contribution >= 4 is 33.7 Å². The third kappa shape index (κ3) is 6.41. The van der Waals surface area contributed by atoms with Crippen molar-refractivity contribution in [2.45, 2.75) is 6.42 Å². The molecule has 0 atom stereocenters. The van der Waals surface area contributed by atoms with Gasteiger partial charge >= 0.3 is 0 Å². The number of hydrogen-bond donors (Lipinski definition) is 1. The molecule has 0 heterocycles. The number of halogens is 15. The van der Waals surface area contributed by atoms with E-state index in [0.29, 0.717) is 12.1 Å². The molecule has 5 aromatic carbocycles. The molecule has 17 heteroatoms. The van der Waals surface area contributed by atoms with Gasteiger partial charge in [0.25, 0.3) is 0 Å². The third-order valence-corrected chi connectivity index (χ3v) is 8.24. The first kappa shape index (κ1) is 39.6. The molecule has 5 rings (SSSR count). The first-order chi connectivity index (χ1) is 24.4. The van der Waals surface area contributed by atoms with Crippen LogP contribution in [0, 0.1) is 87.3 Å². The summed E-state index contributed by atoms with van der Waals surface area (Å²) in [5.74, 6) is -45.6. The Morgan fingerprint density at radius 2 is 0.731 bits per heavy atom. The molecule has 1 nitrogen and oxygen atoms in total. The average molecular weight is 751 g/mol. The van der Waals surface area contributed by atoms with Gasteiger partial charge in [0, 0.05) is 0 Å². The van der Waals surface area contributed by atoms with Crippen molar-refractivity contribution in [1.82, 2.24) is 0 Å². The van der Waals surface area contributed by atoms with Crippen LogP contribution in [0.1, 0.15) is 5.56 Å². The summed E-state index contributed by atoms with van der Waals surface area (Å²) in [6.45, 7) is 3.37. The maximum atomic E-state index is 15.5. The van der Waals surface area contributed by atoms with Gasteiger partial charge in [-0.1, -0.05) is 48.5 Å². The van der Waals surface area contributed by atoms with Gasteiger partial charge in [0.2, 0.25) is 0 Å². The van der Waals surface area contributed by atoms with Crippen molar-refractivity contribution in [3.05, 3.63) is 160 Å². The van der Waals surface area contributed by atoms with E-state index >= 15 is 26.3 Å². The molecular weight excluding hydrogens is 730 g/mol. The lowest BCUT2D eigenvalue weighted by Crippen LogP contribution is -3.00. The summed E-state index contributed by atoms with van der Waals surface area (Å²) < 4.78 is 222. The van der Waals surface area contributed by atoms with Crippen molar-refractivity contribution in [3.8, 4) is 0 Å². The maximum Gasteiger partial charge on any atom is 0.200 e. The van der Waals surface area contributed by atoms with E-state index in [0.717, 1.165) is 12.1 Å². The fourth-order valence-corrected chi connectivity index (χ4v) is 5.82. The molecule has 0 radical (unpaired) electrons. The van der Waals surface area contributed by atoms with E-state index in [4.69, 9.17) is 0 Å². The number of rotatable bonds is 7. The van der Waals surface area contributed by atoms with Crippen LogP contribution in [0.4, 0.5) is 71.5 Å². The minimum Gasteiger partial charge on any atom is -0.307 e. The fourth-order valence-electron chi connectivity index (χ4n) is 5.82. The SMILES string of the molecule is C=CCc1ccc([B-](c2c(F)c(F)c(F)c(F)c2F)(c2c(F)c(F)c(F)c(F)c2F)c2c(F)c(F)c(F)c(F)c2F)cc1.C[NH+](C)c1ccccc1. The number of hydrogen-bond acceptors (Lipinski definition) is 0.